The van der Waals surface area contributed by atoms with Crippen LogP contribution in [0.3, 0.4) is 0 Å². The zero-order chi connectivity index (χ0) is 12.8. The SMILES string of the molecule is CNCC(CCc1cccs1)c1cccc(Br)c1. The molecule has 0 bridgehead atoms. The molecule has 0 radical (unpaired) electrons. The van der Waals surface area contributed by atoms with Gasteiger partial charge in [0.2, 0.25) is 0 Å². The molecule has 0 aliphatic carbocycles. The number of benzene rings is 1. The van der Waals surface area contributed by atoms with E-state index in [1.165, 1.54) is 16.9 Å². The number of aryl methyl sites for hydroxylation is 1. The zero-order valence-electron chi connectivity index (χ0n) is 10.5. The van der Waals surface area contributed by atoms with E-state index < -0.39 is 0 Å². The molecule has 0 aliphatic heterocycles. The summed E-state index contributed by atoms with van der Waals surface area (Å²) in [5.41, 5.74) is 1.41. The maximum atomic E-state index is 3.55. The molecule has 0 saturated carbocycles. The summed E-state index contributed by atoms with van der Waals surface area (Å²) in [7, 11) is 2.02. The number of nitrogens with one attached hydrogen (secondary N) is 1. The lowest BCUT2D eigenvalue weighted by molar-refractivity contribution is 0.586. The molecule has 18 heavy (non-hydrogen) atoms. The lowest BCUT2D eigenvalue weighted by Gasteiger charge is -2.17. The molecule has 2 rings (SSSR count). The minimum Gasteiger partial charge on any atom is -0.319 e. The van der Waals surface area contributed by atoms with Gasteiger partial charge in [-0.15, -0.1) is 11.3 Å². The first-order valence-electron chi connectivity index (χ1n) is 6.22. The smallest absolute Gasteiger partial charge is 0.0178 e. The van der Waals surface area contributed by atoms with Gasteiger partial charge in [0.05, 0.1) is 0 Å². The van der Waals surface area contributed by atoms with Gasteiger partial charge in [0.25, 0.3) is 0 Å². The van der Waals surface area contributed by atoms with Crippen LogP contribution in [0.25, 0.3) is 0 Å². The lowest BCUT2D eigenvalue weighted by Crippen LogP contribution is -2.17. The number of hydrogen-bond donors (Lipinski definition) is 1. The van der Waals surface area contributed by atoms with E-state index in [2.05, 4.69) is 63.0 Å². The Morgan fingerprint density at radius 3 is 2.83 bits per heavy atom. The largest absolute Gasteiger partial charge is 0.319 e. The zero-order valence-corrected chi connectivity index (χ0v) is 12.9. The van der Waals surface area contributed by atoms with Gasteiger partial charge < -0.3 is 5.32 Å². The summed E-state index contributed by atoms with van der Waals surface area (Å²) in [6.45, 7) is 1.03. The van der Waals surface area contributed by atoms with Gasteiger partial charge >= 0.3 is 0 Å². The molecular formula is C15H18BrNS. The molecule has 0 spiro atoms. The van der Waals surface area contributed by atoms with Gasteiger partial charge in [-0.3, -0.25) is 0 Å². The van der Waals surface area contributed by atoms with Crippen LogP contribution in [0.5, 0.6) is 0 Å². The van der Waals surface area contributed by atoms with Crippen molar-refractivity contribution in [1.29, 1.82) is 0 Å². The summed E-state index contributed by atoms with van der Waals surface area (Å²) >= 11 is 5.40. The van der Waals surface area contributed by atoms with Crippen LogP contribution >= 0.6 is 27.3 Å². The van der Waals surface area contributed by atoms with E-state index in [4.69, 9.17) is 0 Å². The standard InChI is InChI=1S/C15H18BrNS/c1-17-11-13(7-8-15-6-3-9-18-15)12-4-2-5-14(16)10-12/h2-6,9-10,13,17H,7-8,11H2,1H3. The van der Waals surface area contributed by atoms with Crippen molar-refractivity contribution in [3.63, 3.8) is 0 Å². The number of hydrogen-bond acceptors (Lipinski definition) is 2. The predicted molar refractivity (Wildman–Crippen MR) is 83.4 cm³/mol. The van der Waals surface area contributed by atoms with Crippen LogP contribution < -0.4 is 5.32 Å². The Kier molecular flexibility index (Phi) is 5.42. The molecule has 0 fully saturated rings. The van der Waals surface area contributed by atoms with E-state index in [1.807, 2.05) is 18.4 Å². The minimum atomic E-state index is 0.578. The van der Waals surface area contributed by atoms with Crippen molar-refractivity contribution in [2.45, 2.75) is 18.8 Å². The van der Waals surface area contributed by atoms with Crippen LogP contribution in [-0.4, -0.2) is 13.6 Å². The topological polar surface area (TPSA) is 12.0 Å². The van der Waals surface area contributed by atoms with Crippen molar-refractivity contribution in [3.8, 4) is 0 Å². The first-order chi connectivity index (χ1) is 8.79. The van der Waals surface area contributed by atoms with Crippen molar-refractivity contribution < 1.29 is 0 Å². The van der Waals surface area contributed by atoms with Crippen LogP contribution in [0, 0.1) is 0 Å². The summed E-state index contributed by atoms with van der Waals surface area (Å²) in [4.78, 5) is 1.48. The molecule has 2 aromatic rings. The average Bonchev–Trinajstić information content (AvgIpc) is 2.87. The highest BCUT2D eigenvalue weighted by atomic mass is 79.9. The molecule has 1 nitrogen and oxygen atoms in total. The quantitative estimate of drug-likeness (QED) is 0.828. The molecule has 0 saturated heterocycles. The van der Waals surface area contributed by atoms with Crippen LogP contribution in [0.2, 0.25) is 0 Å². The molecule has 1 N–H and O–H groups in total. The Labute approximate surface area is 121 Å². The molecular weight excluding hydrogens is 306 g/mol. The van der Waals surface area contributed by atoms with E-state index in [-0.39, 0.29) is 0 Å². The second-order valence-corrected chi connectivity index (χ2v) is 6.38. The van der Waals surface area contributed by atoms with Crippen LogP contribution in [0.1, 0.15) is 22.8 Å². The van der Waals surface area contributed by atoms with Gasteiger partial charge in [0.1, 0.15) is 0 Å². The van der Waals surface area contributed by atoms with E-state index >= 15 is 0 Å². The first kappa shape index (κ1) is 13.8. The van der Waals surface area contributed by atoms with Crippen LogP contribution in [0.15, 0.2) is 46.3 Å². The average molecular weight is 324 g/mol. The normalized spacial score (nSPS) is 12.6. The van der Waals surface area contributed by atoms with E-state index in [0.717, 1.165) is 17.4 Å². The minimum absolute atomic E-state index is 0.578. The third-order valence-corrected chi connectivity index (χ3v) is 4.52. The molecule has 1 aromatic carbocycles. The Bertz CT molecular complexity index is 467. The Hall–Kier alpha value is -0.640. The fourth-order valence-corrected chi connectivity index (χ4v) is 3.31. The first-order valence-corrected chi connectivity index (χ1v) is 7.89. The summed E-state index contributed by atoms with van der Waals surface area (Å²) in [6, 6.07) is 13.0. The molecule has 1 heterocycles. The summed E-state index contributed by atoms with van der Waals surface area (Å²) in [5.74, 6) is 0.578. The van der Waals surface area contributed by atoms with Crippen molar-refractivity contribution in [1.82, 2.24) is 5.32 Å². The Morgan fingerprint density at radius 2 is 2.17 bits per heavy atom. The molecule has 0 aliphatic rings. The summed E-state index contributed by atoms with van der Waals surface area (Å²) < 4.78 is 1.16. The van der Waals surface area contributed by atoms with Gasteiger partial charge in [0.15, 0.2) is 0 Å². The van der Waals surface area contributed by atoms with Gasteiger partial charge in [-0.05, 0) is 54.9 Å². The van der Waals surface area contributed by atoms with E-state index in [0.29, 0.717) is 5.92 Å². The maximum Gasteiger partial charge on any atom is 0.0178 e. The molecule has 1 aromatic heterocycles. The lowest BCUT2D eigenvalue weighted by atomic mass is 9.94. The van der Waals surface area contributed by atoms with Crippen molar-refractivity contribution in [2.24, 2.45) is 0 Å². The fourth-order valence-electron chi connectivity index (χ4n) is 2.16. The van der Waals surface area contributed by atoms with E-state index in [9.17, 15) is 0 Å². The van der Waals surface area contributed by atoms with Gasteiger partial charge in [-0.2, -0.15) is 0 Å². The van der Waals surface area contributed by atoms with Crippen LogP contribution in [-0.2, 0) is 6.42 Å². The number of likely N-dealkylation sites (N-methyl/N-ethyl adjacent to an activating group) is 1. The highest BCUT2D eigenvalue weighted by Gasteiger charge is 2.11. The van der Waals surface area contributed by atoms with Gasteiger partial charge in [0, 0.05) is 15.9 Å². The van der Waals surface area contributed by atoms with Crippen molar-refractivity contribution >= 4 is 27.3 Å². The maximum absolute atomic E-state index is 3.55. The Morgan fingerprint density at radius 1 is 1.28 bits per heavy atom. The summed E-state index contributed by atoms with van der Waals surface area (Å²) in [6.07, 6.45) is 2.36. The second kappa shape index (κ2) is 7.07. The fraction of sp³-hybridized carbons (Fsp3) is 0.333. The van der Waals surface area contributed by atoms with Crippen LogP contribution in [0.4, 0.5) is 0 Å². The highest BCUT2D eigenvalue weighted by Crippen LogP contribution is 2.25. The molecule has 1 unspecified atom stereocenters. The third kappa shape index (κ3) is 3.94. The molecule has 3 heteroatoms. The van der Waals surface area contributed by atoms with Gasteiger partial charge in [-0.1, -0.05) is 34.1 Å². The van der Waals surface area contributed by atoms with E-state index in [1.54, 1.807) is 0 Å². The molecule has 0 amide bonds. The van der Waals surface area contributed by atoms with Crippen molar-refractivity contribution in [3.05, 3.63) is 56.7 Å². The number of rotatable bonds is 6. The monoisotopic (exact) mass is 323 g/mol. The van der Waals surface area contributed by atoms with Gasteiger partial charge in [-0.25, -0.2) is 0 Å². The summed E-state index contributed by atoms with van der Waals surface area (Å²) in [5, 5.41) is 5.46. The second-order valence-electron chi connectivity index (χ2n) is 4.43. The Balaban J connectivity index is 2.03. The number of halogens is 1. The predicted octanol–water partition coefficient (Wildman–Crippen LogP) is 4.45. The van der Waals surface area contributed by atoms with Crippen molar-refractivity contribution in [2.75, 3.05) is 13.6 Å². The molecule has 96 valence electrons. The molecule has 1 atom stereocenters. The highest BCUT2D eigenvalue weighted by molar-refractivity contribution is 9.10. The number of thiophene rings is 1. The third-order valence-electron chi connectivity index (χ3n) is 3.09.